The molecule has 26 heavy (non-hydrogen) atoms. The Balaban J connectivity index is 1.70. The van der Waals surface area contributed by atoms with Crippen molar-refractivity contribution in [2.75, 3.05) is 36.6 Å². The fourth-order valence-corrected chi connectivity index (χ4v) is 4.59. The van der Waals surface area contributed by atoms with Crippen molar-refractivity contribution in [3.63, 3.8) is 0 Å². The Hall–Kier alpha value is -2.02. The molecule has 2 fully saturated rings. The molecule has 0 spiro atoms. The van der Waals surface area contributed by atoms with E-state index in [-0.39, 0.29) is 24.3 Å². The molecular weight excluding hydrogens is 350 g/mol. The van der Waals surface area contributed by atoms with Gasteiger partial charge in [0.25, 0.3) is 5.91 Å². The molecule has 0 saturated carbocycles. The van der Waals surface area contributed by atoms with Crippen molar-refractivity contribution in [2.45, 2.75) is 20.3 Å². The molecule has 1 N–H and O–H groups in total. The van der Waals surface area contributed by atoms with E-state index in [0.29, 0.717) is 34.7 Å². The number of rotatable bonds is 4. The van der Waals surface area contributed by atoms with E-state index in [1.54, 1.807) is 24.3 Å². The summed E-state index contributed by atoms with van der Waals surface area (Å²) in [6, 6.07) is 7.09. The van der Waals surface area contributed by atoms with Crippen LogP contribution in [0.25, 0.3) is 0 Å². The van der Waals surface area contributed by atoms with Crippen LogP contribution in [0.1, 0.15) is 30.6 Å². The van der Waals surface area contributed by atoms with E-state index in [0.717, 1.165) is 19.5 Å². The summed E-state index contributed by atoms with van der Waals surface area (Å²) in [4.78, 5) is 40.4. The summed E-state index contributed by atoms with van der Waals surface area (Å²) < 4.78 is 0. The van der Waals surface area contributed by atoms with Gasteiger partial charge in [0, 0.05) is 13.1 Å². The second kappa shape index (κ2) is 8.12. The molecule has 2 aliphatic heterocycles. The van der Waals surface area contributed by atoms with E-state index in [1.807, 2.05) is 4.90 Å². The number of thioether (sulfide) groups is 1. The minimum absolute atomic E-state index is 0.0200. The molecule has 0 bridgehead atoms. The predicted octanol–water partition coefficient (Wildman–Crippen LogP) is 2.28. The molecule has 1 aromatic carbocycles. The molecule has 2 aliphatic rings. The first-order valence-electron chi connectivity index (χ1n) is 8.97. The lowest BCUT2D eigenvalue weighted by Crippen LogP contribution is -2.43. The SMILES string of the molecule is C[C@H]1C[C@H](C)CN(C(=O)c2ccccc2NC(=O)CN2CSCC2=O)C1. The minimum Gasteiger partial charge on any atom is -0.338 e. The molecule has 7 heteroatoms. The number of nitrogens with one attached hydrogen (secondary N) is 1. The molecule has 0 aliphatic carbocycles. The summed E-state index contributed by atoms with van der Waals surface area (Å²) in [7, 11) is 0. The quantitative estimate of drug-likeness (QED) is 0.877. The lowest BCUT2D eigenvalue weighted by molar-refractivity contribution is -0.130. The van der Waals surface area contributed by atoms with Crippen LogP contribution in [0.15, 0.2) is 24.3 Å². The second-order valence-corrected chi connectivity index (χ2v) is 8.27. The van der Waals surface area contributed by atoms with E-state index in [9.17, 15) is 14.4 Å². The topological polar surface area (TPSA) is 69.7 Å². The third kappa shape index (κ3) is 4.38. The van der Waals surface area contributed by atoms with Gasteiger partial charge in [-0.1, -0.05) is 26.0 Å². The van der Waals surface area contributed by atoms with Crippen LogP contribution in [0.5, 0.6) is 0 Å². The lowest BCUT2D eigenvalue weighted by Gasteiger charge is -2.35. The summed E-state index contributed by atoms with van der Waals surface area (Å²) in [6.07, 6.45) is 1.13. The van der Waals surface area contributed by atoms with E-state index < -0.39 is 0 Å². The fourth-order valence-electron chi connectivity index (χ4n) is 3.68. The maximum Gasteiger partial charge on any atom is 0.255 e. The Morgan fingerprint density at radius 2 is 1.88 bits per heavy atom. The Bertz CT molecular complexity index is 699. The highest BCUT2D eigenvalue weighted by Crippen LogP contribution is 2.25. The standard InChI is InChI=1S/C19H25N3O3S/c1-13-7-14(2)9-21(8-13)19(25)15-5-3-4-6-16(15)20-17(23)10-22-12-26-11-18(22)24/h3-6,13-14H,7-12H2,1-2H3,(H,20,23)/t13-,14-/m0/s1. The highest BCUT2D eigenvalue weighted by molar-refractivity contribution is 8.00. The molecule has 6 nitrogen and oxygen atoms in total. The molecule has 1 aromatic rings. The van der Waals surface area contributed by atoms with Gasteiger partial charge in [0.15, 0.2) is 0 Å². The second-order valence-electron chi connectivity index (χ2n) is 7.32. The number of benzene rings is 1. The average Bonchev–Trinajstić information content (AvgIpc) is 2.98. The van der Waals surface area contributed by atoms with Gasteiger partial charge in [0.2, 0.25) is 11.8 Å². The number of piperidine rings is 1. The van der Waals surface area contributed by atoms with E-state index >= 15 is 0 Å². The third-order valence-corrected chi connectivity index (χ3v) is 5.69. The van der Waals surface area contributed by atoms with Gasteiger partial charge in [-0.25, -0.2) is 0 Å². The van der Waals surface area contributed by atoms with Crippen molar-refractivity contribution in [1.82, 2.24) is 9.80 Å². The normalized spacial score (nSPS) is 23.2. The number of carbonyl (C=O) groups is 3. The smallest absolute Gasteiger partial charge is 0.255 e. The number of hydrogen-bond donors (Lipinski definition) is 1. The highest BCUT2D eigenvalue weighted by Gasteiger charge is 2.28. The van der Waals surface area contributed by atoms with Gasteiger partial charge >= 0.3 is 0 Å². The maximum atomic E-state index is 13.0. The fraction of sp³-hybridized carbons (Fsp3) is 0.526. The number of likely N-dealkylation sites (tertiary alicyclic amines) is 1. The van der Waals surface area contributed by atoms with Gasteiger partial charge in [-0.15, -0.1) is 11.8 Å². The lowest BCUT2D eigenvalue weighted by atomic mass is 9.91. The number of carbonyl (C=O) groups excluding carboxylic acids is 3. The molecule has 3 rings (SSSR count). The van der Waals surface area contributed by atoms with Gasteiger partial charge in [0.05, 0.1) is 22.9 Å². The summed E-state index contributed by atoms with van der Waals surface area (Å²) in [6.45, 7) is 5.82. The molecular formula is C19H25N3O3S. The number of amides is 3. The first-order chi connectivity index (χ1) is 12.4. The van der Waals surface area contributed by atoms with Crippen LogP contribution in [-0.4, -0.2) is 58.8 Å². The first kappa shape index (κ1) is 18.8. The Morgan fingerprint density at radius 3 is 2.54 bits per heavy atom. The summed E-state index contributed by atoms with van der Waals surface area (Å²) in [5.41, 5.74) is 1.01. The zero-order valence-corrected chi connectivity index (χ0v) is 16.1. The summed E-state index contributed by atoms with van der Waals surface area (Å²) in [5.74, 6) is 1.56. The average molecular weight is 375 g/mol. The molecule has 2 heterocycles. The number of hydrogen-bond acceptors (Lipinski definition) is 4. The van der Waals surface area contributed by atoms with Crippen molar-refractivity contribution in [2.24, 2.45) is 11.8 Å². The zero-order valence-electron chi connectivity index (χ0n) is 15.2. The van der Waals surface area contributed by atoms with Crippen LogP contribution < -0.4 is 5.32 Å². The maximum absolute atomic E-state index is 13.0. The van der Waals surface area contributed by atoms with Gasteiger partial charge in [0.1, 0.15) is 6.54 Å². The van der Waals surface area contributed by atoms with Gasteiger partial charge in [-0.05, 0) is 30.4 Å². The third-order valence-electron chi connectivity index (χ3n) is 4.75. The summed E-state index contributed by atoms with van der Waals surface area (Å²) >= 11 is 1.50. The van der Waals surface area contributed by atoms with Crippen LogP contribution in [0.4, 0.5) is 5.69 Å². The first-order valence-corrected chi connectivity index (χ1v) is 10.1. The molecule has 3 amide bonds. The van der Waals surface area contributed by atoms with Crippen molar-refractivity contribution >= 4 is 35.2 Å². The van der Waals surface area contributed by atoms with Crippen LogP contribution in [-0.2, 0) is 9.59 Å². The van der Waals surface area contributed by atoms with Crippen LogP contribution in [0, 0.1) is 11.8 Å². The Morgan fingerprint density at radius 1 is 1.19 bits per heavy atom. The van der Waals surface area contributed by atoms with Crippen LogP contribution in [0.3, 0.4) is 0 Å². The molecule has 140 valence electrons. The van der Waals surface area contributed by atoms with E-state index in [1.165, 1.54) is 16.7 Å². The number of nitrogens with zero attached hydrogens (tertiary/aromatic N) is 2. The summed E-state index contributed by atoms with van der Waals surface area (Å²) in [5, 5.41) is 2.81. The van der Waals surface area contributed by atoms with Gasteiger partial charge < -0.3 is 15.1 Å². The molecule has 2 saturated heterocycles. The van der Waals surface area contributed by atoms with E-state index in [4.69, 9.17) is 0 Å². The largest absolute Gasteiger partial charge is 0.338 e. The van der Waals surface area contributed by atoms with Crippen molar-refractivity contribution in [1.29, 1.82) is 0 Å². The minimum atomic E-state index is -0.276. The van der Waals surface area contributed by atoms with Gasteiger partial charge in [-0.2, -0.15) is 0 Å². The Kier molecular flexibility index (Phi) is 5.86. The predicted molar refractivity (Wildman–Crippen MR) is 103 cm³/mol. The number of para-hydroxylation sites is 1. The van der Waals surface area contributed by atoms with Crippen molar-refractivity contribution < 1.29 is 14.4 Å². The van der Waals surface area contributed by atoms with Crippen molar-refractivity contribution in [3.05, 3.63) is 29.8 Å². The molecule has 0 radical (unpaired) electrons. The van der Waals surface area contributed by atoms with Crippen molar-refractivity contribution in [3.8, 4) is 0 Å². The molecule has 0 aromatic heterocycles. The van der Waals surface area contributed by atoms with Gasteiger partial charge in [-0.3, -0.25) is 14.4 Å². The highest BCUT2D eigenvalue weighted by atomic mass is 32.2. The molecule has 0 unspecified atom stereocenters. The molecule has 2 atom stereocenters. The van der Waals surface area contributed by atoms with Crippen LogP contribution in [0.2, 0.25) is 0 Å². The van der Waals surface area contributed by atoms with Crippen LogP contribution >= 0.6 is 11.8 Å². The zero-order chi connectivity index (χ0) is 18.7. The van der Waals surface area contributed by atoms with E-state index in [2.05, 4.69) is 19.2 Å². The number of anilines is 1. The Labute approximate surface area is 158 Å². The monoisotopic (exact) mass is 375 g/mol.